The van der Waals surface area contributed by atoms with Crippen LogP contribution in [0.15, 0.2) is 29.4 Å². The third kappa shape index (κ3) is 2.64. The molecule has 0 spiro atoms. The molecule has 0 aromatic carbocycles. The van der Waals surface area contributed by atoms with Gasteiger partial charge in [0.25, 0.3) is 0 Å². The Balaban J connectivity index is 2.07. The molecule has 1 saturated carbocycles. The molecule has 0 saturated heterocycles. The van der Waals surface area contributed by atoms with E-state index in [2.05, 4.69) is 4.99 Å². The van der Waals surface area contributed by atoms with Crippen LogP contribution in [0.1, 0.15) is 41.9 Å². The summed E-state index contributed by atoms with van der Waals surface area (Å²) in [6.07, 6.45) is 7.08. The van der Waals surface area contributed by atoms with Gasteiger partial charge in [-0.15, -0.1) is 0 Å². The van der Waals surface area contributed by atoms with Crippen LogP contribution in [-0.2, 0) is 4.79 Å². The summed E-state index contributed by atoms with van der Waals surface area (Å²) in [5.41, 5.74) is 1.37. The Kier molecular flexibility index (Phi) is 3.52. The van der Waals surface area contributed by atoms with E-state index in [4.69, 9.17) is 0 Å². The van der Waals surface area contributed by atoms with Gasteiger partial charge in [0.15, 0.2) is 12.2 Å². The molecule has 1 aromatic rings. The number of aliphatic carboxylic acids is 1. The van der Waals surface area contributed by atoms with E-state index in [1.165, 1.54) is 0 Å². The van der Waals surface area contributed by atoms with Crippen LogP contribution in [0.25, 0.3) is 5.70 Å². The number of aromatic nitrogens is 1. The van der Waals surface area contributed by atoms with Crippen molar-refractivity contribution in [2.24, 2.45) is 16.8 Å². The van der Waals surface area contributed by atoms with Gasteiger partial charge >= 0.3 is 11.9 Å². The van der Waals surface area contributed by atoms with Gasteiger partial charge < -0.3 is 10.2 Å². The van der Waals surface area contributed by atoms with Crippen LogP contribution in [0.2, 0.25) is 0 Å². The molecular weight excluding hydrogens is 284 g/mol. The molecule has 6 nitrogen and oxygen atoms in total. The highest BCUT2D eigenvalue weighted by molar-refractivity contribution is 5.89. The second-order valence-electron chi connectivity index (χ2n) is 5.80. The Bertz CT molecular complexity index is 704. The van der Waals surface area contributed by atoms with E-state index < -0.39 is 17.9 Å². The second kappa shape index (κ2) is 5.36. The van der Waals surface area contributed by atoms with Gasteiger partial charge in [0.05, 0.1) is 11.5 Å². The van der Waals surface area contributed by atoms with Crippen molar-refractivity contribution in [1.29, 1.82) is 0 Å². The number of rotatable bonds is 4. The lowest BCUT2D eigenvalue weighted by Gasteiger charge is -2.18. The molecule has 2 aliphatic rings. The van der Waals surface area contributed by atoms with Crippen molar-refractivity contribution in [2.45, 2.75) is 25.8 Å². The predicted octanol–water partition coefficient (Wildman–Crippen LogP) is 1.77. The molecule has 2 unspecified atom stereocenters. The number of aromatic carboxylic acids is 1. The van der Waals surface area contributed by atoms with Crippen molar-refractivity contribution in [2.75, 3.05) is 0 Å². The minimum atomic E-state index is -1.01. The fraction of sp³-hybridized carbons (Fsp3) is 0.375. The lowest BCUT2D eigenvalue weighted by Crippen LogP contribution is -2.37. The van der Waals surface area contributed by atoms with Crippen molar-refractivity contribution in [3.05, 3.63) is 35.7 Å². The van der Waals surface area contributed by atoms with Crippen LogP contribution in [0.5, 0.6) is 0 Å². The molecule has 0 radical (unpaired) electrons. The summed E-state index contributed by atoms with van der Waals surface area (Å²) >= 11 is 0. The van der Waals surface area contributed by atoms with Gasteiger partial charge in [0.2, 0.25) is 5.69 Å². The molecule has 2 heterocycles. The van der Waals surface area contributed by atoms with E-state index in [0.717, 1.165) is 12.8 Å². The van der Waals surface area contributed by atoms with Crippen molar-refractivity contribution in [3.63, 3.8) is 0 Å². The van der Waals surface area contributed by atoms with Gasteiger partial charge in [-0.3, -0.25) is 9.79 Å². The molecule has 114 valence electrons. The Morgan fingerprint density at radius 3 is 2.64 bits per heavy atom. The quantitative estimate of drug-likeness (QED) is 0.829. The minimum absolute atomic E-state index is 0.175. The van der Waals surface area contributed by atoms with Crippen molar-refractivity contribution in [3.8, 4) is 0 Å². The van der Waals surface area contributed by atoms with Crippen LogP contribution < -0.4 is 4.57 Å². The Morgan fingerprint density at radius 2 is 2.05 bits per heavy atom. The van der Waals surface area contributed by atoms with Gasteiger partial charge in [-0.25, -0.2) is 4.79 Å². The van der Waals surface area contributed by atoms with Gasteiger partial charge in [-0.05, 0) is 6.08 Å². The molecule has 6 heteroatoms. The number of carboxylic acid groups (broad SMARTS) is 2. The highest BCUT2D eigenvalue weighted by atomic mass is 16.4. The van der Waals surface area contributed by atoms with E-state index in [1.807, 2.05) is 4.57 Å². The molecule has 22 heavy (non-hydrogen) atoms. The smallest absolute Gasteiger partial charge is 0.336 e. The number of pyridine rings is 1. The maximum atomic E-state index is 11.3. The second-order valence-corrected chi connectivity index (χ2v) is 5.80. The number of hydrogen-bond acceptors (Lipinski definition) is 3. The van der Waals surface area contributed by atoms with Gasteiger partial charge in [-0.2, -0.15) is 4.57 Å². The monoisotopic (exact) mass is 301 g/mol. The van der Waals surface area contributed by atoms with Crippen molar-refractivity contribution >= 4 is 23.9 Å². The van der Waals surface area contributed by atoms with E-state index in [-0.39, 0.29) is 11.5 Å². The zero-order chi connectivity index (χ0) is 15.9. The first-order valence-corrected chi connectivity index (χ1v) is 7.25. The summed E-state index contributed by atoms with van der Waals surface area (Å²) in [5, 5.41) is 18.5. The number of carboxylic acids is 2. The van der Waals surface area contributed by atoms with Crippen LogP contribution in [-0.4, -0.2) is 28.4 Å². The third-order valence-electron chi connectivity index (χ3n) is 4.07. The zero-order valence-corrected chi connectivity index (χ0v) is 12.1. The number of nitrogens with zero attached hydrogens (tertiary/aromatic N) is 2. The average Bonchev–Trinajstić information content (AvgIpc) is 3.31. The van der Waals surface area contributed by atoms with Crippen molar-refractivity contribution < 1.29 is 24.4 Å². The molecule has 1 aliphatic heterocycles. The molecule has 3 rings (SSSR count). The SMILES string of the molecule is CC1C=NC(c2cc(C(=O)O)cc[n+]2C2CC2)=CC1C(=O)O. The Morgan fingerprint density at radius 1 is 1.32 bits per heavy atom. The highest BCUT2D eigenvalue weighted by Gasteiger charge is 2.36. The minimum Gasteiger partial charge on any atom is -0.481 e. The summed E-state index contributed by atoms with van der Waals surface area (Å²) < 4.78 is 1.99. The number of aliphatic imine (C=N–C) groups is 1. The third-order valence-corrected chi connectivity index (χ3v) is 4.07. The summed E-state index contributed by atoms with van der Waals surface area (Å²) in [5.74, 6) is -2.73. The summed E-state index contributed by atoms with van der Waals surface area (Å²) in [6.45, 7) is 1.80. The largest absolute Gasteiger partial charge is 0.481 e. The Hall–Kier alpha value is -2.50. The first-order valence-electron chi connectivity index (χ1n) is 7.25. The summed E-state index contributed by atoms with van der Waals surface area (Å²) in [4.78, 5) is 26.9. The van der Waals surface area contributed by atoms with Gasteiger partial charge in [0.1, 0.15) is 5.70 Å². The lowest BCUT2D eigenvalue weighted by molar-refractivity contribution is -0.702. The van der Waals surface area contributed by atoms with E-state index >= 15 is 0 Å². The van der Waals surface area contributed by atoms with Gasteiger partial charge in [0, 0.05) is 37.1 Å². The summed E-state index contributed by atoms with van der Waals surface area (Å²) in [7, 11) is 0. The molecule has 0 bridgehead atoms. The first kappa shape index (κ1) is 14.4. The molecule has 1 fully saturated rings. The fourth-order valence-corrected chi connectivity index (χ4v) is 2.62. The maximum absolute atomic E-state index is 11.3. The number of hydrogen-bond donors (Lipinski definition) is 2. The van der Waals surface area contributed by atoms with E-state index in [1.54, 1.807) is 37.5 Å². The normalized spacial score (nSPS) is 24.0. The van der Waals surface area contributed by atoms with Crippen LogP contribution >= 0.6 is 0 Å². The molecular formula is C16H17N2O4+. The van der Waals surface area contributed by atoms with Crippen LogP contribution in [0.3, 0.4) is 0 Å². The molecule has 2 atom stereocenters. The summed E-state index contributed by atoms with van der Waals surface area (Å²) in [6, 6.07) is 3.48. The Labute approximate surface area is 127 Å². The predicted molar refractivity (Wildman–Crippen MR) is 78.6 cm³/mol. The standard InChI is InChI=1S/C16H16N2O4/c1-9-8-17-13(7-12(9)16(21)22)14-6-10(15(19)20)4-5-18(14)11-2-3-11/h4-9,11-12H,2-3H2,1H3,(H-,19,20,21,22)/p+1. The van der Waals surface area contributed by atoms with Crippen LogP contribution in [0.4, 0.5) is 0 Å². The molecule has 1 aromatic heterocycles. The topological polar surface area (TPSA) is 90.8 Å². The number of carbonyl (C=O) groups is 2. The zero-order valence-electron chi connectivity index (χ0n) is 12.1. The maximum Gasteiger partial charge on any atom is 0.336 e. The van der Waals surface area contributed by atoms with Gasteiger partial charge in [-0.1, -0.05) is 6.92 Å². The highest BCUT2D eigenvalue weighted by Crippen LogP contribution is 2.32. The fourth-order valence-electron chi connectivity index (χ4n) is 2.62. The molecule has 2 N–H and O–H groups in total. The van der Waals surface area contributed by atoms with Crippen LogP contribution in [0, 0.1) is 11.8 Å². The van der Waals surface area contributed by atoms with E-state index in [9.17, 15) is 19.8 Å². The average molecular weight is 301 g/mol. The lowest BCUT2D eigenvalue weighted by atomic mass is 9.91. The first-order chi connectivity index (χ1) is 10.5. The van der Waals surface area contributed by atoms with E-state index in [0.29, 0.717) is 17.4 Å². The molecule has 0 amide bonds. The molecule has 1 aliphatic carbocycles. The van der Waals surface area contributed by atoms with Crippen molar-refractivity contribution in [1.82, 2.24) is 0 Å².